The van der Waals surface area contributed by atoms with Crippen molar-refractivity contribution in [3.63, 3.8) is 0 Å². The van der Waals surface area contributed by atoms with Gasteiger partial charge in [0.15, 0.2) is 0 Å². The standard InChI is InChI=1S/C23H23N5O3/c1-15-12-17(18-9-8-16(2)24-13-18)10-11-21(15)31-14-19-20(6-5-7-22(19)30-4)28-23(29)27(3)25-26-28/h5-13H,14H2,1-4H3. The SMILES string of the molecule is COc1cccc(-n2nnn(C)c2=O)c1COc1ccc(-c2ccc(C)nc2)cc1C. The van der Waals surface area contributed by atoms with Crippen molar-refractivity contribution in [3.05, 3.63) is 82.0 Å². The number of rotatable bonds is 6. The van der Waals surface area contributed by atoms with Crippen LogP contribution in [0.25, 0.3) is 16.8 Å². The largest absolute Gasteiger partial charge is 0.496 e. The Morgan fingerprint density at radius 2 is 1.77 bits per heavy atom. The molecule has 0 saturated carbocycles. The zero-order chi connectivity index (χ0) is 22.0. The van der Waals surface area contributed by atoms with Crippen LogP contribution in [0.3, 0.4) is 0 Å². The van der Waals surface area contributed by atoms with Crippen molar-refractivity contribution in [3.8, 4) is 28.3 Å². The lowest BCUT2D eigenvalue weighted by Gasteiger charge is -2.15. The molecular weight excluding hydrogens is 394 g/mol. The van der Waals surface area contributed by atoms with Crippen molar-refractivity contribution in [2.45, 2.75) is 20.5 Å². The first-order chi connectivity index (χ1) is 15.0. The van der Waals surface area contributed by atoms with Gasteiger partial charge in [-0.15, -0.1) is 0 Å². The molecule has 2 heterocycles. The molecule has 0 fully saturated rings. The number of aryl methyl sites for hydroxylation is 3. The molecule has 8 heteroatoms. The van der Waals surface area contributed by atoms with Crippen molar-refractivity contribution < 1.29 is 9.47 Å². The van der Waals surface area contributed by atoms with Gasteiger partial charge in [-0.3, -0.25) is 4.98 Å². The molecule has 0 amide bonds. The molecule has 0 aliphatic carbocycles. The molecule has 4 rings (SSSR count). The van der Waals surface area contributed by atoms with E-state index in [9.17, 15) is 4.79 Å². The van der Waals surface area contributed by atoms with Crippen molar-refractivity contribution >= 4 is 0 Å². The first kappa shape index (κ1) is 20.3. The average molecular weight is 417 g/mol. The number of hydrogen-bond acceptors (Lipinski definition) is 6. The van der Waals surface area contributed by atoms with Crippen LogP contribution in [0.2, 0.25) is 0 Å². The summed E-state index contributed by atoms with van der Waals surface area (Å²) in [7, 11) is 3.13. The van der Waals surface area contributed by atoms with Crippen LogP contribution in [0.5, 0.6) is 11.5 Å². The third-order valence-corrected chi connectivity index (χ3v) is 5.07. The maximum absolute atomic E-state index is 12.4. The van der Waals surface area contributed by atoms with Gasteiger partial charge >= 0.3 is 5.69 Å². The van der Waals surface area contributed by atoms with E-state index in [0.717, 1.165) is 28.1 Å². The van der Waals surface area contributed by atoms with E-state index < -0.39 is 0 Å². The maximum atomic E-state index is 12.4. The van der Waals surface area contributed by atoms with Crippen LogP contribution in [0.4, 0.5) is 0 Å². The molecule has 0 aliphatic rings. The van der Waals surface area contributed by atoms with Gasteiger partial charge in [0, 0.05) is 24.5 Å². The highest BCUT2D eigenvalue weighted by atomic mass is 16.5. The number of methoxy groups -OCH3 is 1. The number of pyridine rings is 1. The molecule has 31 heavy (non-hydrogen) atoms. The first-order valence-corrected chi connectivity index (χ1v) is 9.79. The molecule has 0 spiro atoms. The van der Waals surface area contributed by atoms with Crippen LogP contribution >= 0.6 is 0 Å². The van der Waals surface area contributed by atoms with Crippen molar-refractivity contribution in [2.75, 3.05) is 7.11 Å². The Bertz CT molecular complexity index is 1280. The predicted molar refractivity (Wildman–Crippen MR) is 117 cm³/mol. The summed E-state index contributed by atoms with van der Waals surface area (Å²) in [6.45, 7) is 4.17. The molecule has 0 bridgehead atoms. The topological polar surface area (TPSA) is 84.1 Å². The van der Waals surface area contributed by atoms with Gasteiger partial charge in [-0.05, 0) is 65.7 Å². The Balaban J connectivity index is 1.63. The summed E-state index contributed by atoms with van der Waals surface area (Å²) in [5, 5.41) is 7.74. The molecule has 8 nitrogen and oxygen atoms in total. The van der Waals surface area contributed by atoms with Gasteiger partial charge in [-0.1, -0.05) is 18.2 Å². The third-order valence-electron chi connectivity index (χ3n) is 5.07. The van der Waals surface area contributed by atoms with E-state index in [-0.39, 0.29) is 12.3 Å². The fourth-order valence-electron chi connectivity index (χ4n) is 3.33. The summed E-state index contributed by atoms with van der Waals surface area (Å²) in [6, 6.07) is 15.5. The number of aromatic nitrogens is 5. The Morgan fingerprint density at radius 3 is 2.42 bits per heavy atom. The minimum atomic E-state index is -0.346. The van der Waals surface area contributed by atoms with Gasteiger partial charge in [-0.2, -0.15) is 9.36 Å². The minimum Gasteiger partial charge on any atom is -0.496 e. The van der Waals surface area contributed by atoms with Crippen LogP contribution in [0, 0.1) is 13.8 Å². The number of benzene rings is 2. The molecule has 158 valence electrons. The summed E-state index contributed by atoms with van der Waals surface area (Å²) in [5.74, 6) is 1.35. The van der Waals surface area contributed by atoms with Crippen LogP contribution in [-0.4, -0.2) is 31.9 Å². The van der Waals surface area contributed by atoms with Crippen molar-refractivity contribution in [2.24, 2.45) is 7.05 Å². The van der Waals surface area contributed by atoms with Crippen LogP contribution in [0.1, 0.15) is 16.8 Å². The van der Waals surface area contributed by atoms with E-state index in [1.165, 1.54) is 9.36 Å². The van der Waals surface area contributed by atoms with Crippen molar-refractivity contribution in [1.29, 1.82) is 0 Å². The van der Waals surface area contributed by atoms with Crippen LogP contribution in [0.15, 0.2) is 59.5 Å². The Morgan fingerprint density at radius 1 is 0.968 bits per heavy atom. The Hall–Kier alpha value is -3.94. The van der Waals surface area contributed by atoms with Gasteiger partial charge in [0.25, 0.3) is 0 Å². The Labute approximate surface area is 179 Å². The maximum Gasteiger partial charge on any atom is 0.368 e. The summed E-state index contributed by atoms with van der Waals surface area (Å²) in [6.07, 6.45) is 1.87. The van der Waals surface area contributed by atoms with Crippen LogP contribution < -0.4 is 15.2 Å². The molecular formula is C23H23N5O3. The number of hydrogen-bond donors (Lipinski definition) is 0. The summed E-state index contributed by atoms with van der Waals surface area (Å²) < 4.78 is 14.0. The zero-order valence-corrected chi connectivity index (χ0v) is 17.9. The predicted octanol–water partition coefficient (Wildman–Crippen LogP) is 3.23. The van der Waals surface area contributed by atoms with Gasteiger partial charge < -0.3 is 9.47 Å². The fourth-order valence-corrected chi connectivity index (χ4v) is 3.33. The molecule has 2 aromatic carbocycles. The molecule has 0 radical (unpaired) electrons. The summed E-state index contributed by atoms with van der Waals surface area (Å²) >= 11 is 0. The molecule has 0 N–H and O–H groups in total. The second-order valence-electron chi connectivity index (χ2n) is 7.21. The van der Waals surface area contributed by atoms with E-state index >= 15 is 0 Å². The van der Waals surface area contributed by atoms with E-state index in [1.54, 1.807) is 26.3 Å². The number of ether oxygens (including phenoxy) is 2. The van der Waals surface area contributed by atoms with Crippen LogP contribution in [-0.2, 0) is 13.7 Å². The fraction of sp³-hybridized carbons (Fsp3) is 0.217. The number of tetrazole rings is 1. The zero-order valence-electron chi connectivity index (χ0n) is 17.9. The average Bonchev–Trinajstić information content (AvgIpc) is 3.11. The minimum absolute atomic E-state index is 0.203. The molecule has 0 unspecified atom stereocenters. The number of nitrogens with zero attached hydrogens (tertiary/aromatic N) is 5. The second kappa shape index (κ2) is 8.43. The normalized spacial score (nSPS) is 10.8. The van der Waals surface area contributed by atoms with E-state index in [2.05, 4.69) is 27.5 Å². The molecule has 0 saturated heterocycles. The van der Waals surface area contributed by atoms with Gasteiger partial charge in [0.1, 0.15) is 18.1 Å². The van der Waals surface area contributed by atoms with E-state index in [1.807, 2.05) is 44.3 Å². The van der Waals surface area contributed by atoms with Crippen molar-refractivity contribution in [1.82, 2.24) is 24.8 Å². The third kappa shape index (κ3) is 4.05. The first-order valence-electron chi connectivity index (χ1n) is 9.79. The molecule has 2 aromatic heterocycles. The highest BCUT2D eigenvalue weighted by Gasteiger charge is 2.16. The summed E-state index contributed by atoms with van der Waals surface area (Å²) in [4.78, 5) is 16.7. The molecule has 0 aliphatic heterocycles. The Kier molecular flexibility index (Phi) is 5.53. The quantitative estimate of drug-likeness (QED) is 0.479. The second-order valence-corrected chi connectivity index (χ2v) is 7.21. The highest BCUT2D eigenvalue weighted by Crippen LogP contribution is 2.29. The summed E-state index contributed by atoms with van der Waals surface area (Å²) in [5.41, 5.74) is 5.02. The molecule has 4 aromatic rings. The molecule has 0 atom stereocenters. The highest BCUT2D eigenvalue weighted by molar-refractivity contribution is 5.65. The lowest BCUT2D eigenvalue weighted by atomic mass is 10.0. The van der Waals surface area contributed by atoms with Gasteiger partial charge in [0.05, 0.1) is 18.4 Å². The monoisotopic (exact) mass is 417 g/mol. The smallest absolute Gasteiger partial charge is 0.368 e. The lowest BCUT2D eigenvalue weighted by molar-refractivity contribution is 0.294. The lowest BCUT2D eigenvalue weighted by Crippen LogP contribution is -2.23. The van der Waals surface area contributed by atoms with Gasteiger partial charge in [0.2, 0.25) is 0 Å². The van der Waals surface area contributed by atoms with E-state index in [0.29, 0.717) is 17.0 Å². The van der Waals surface area contributed by atoms with Gasteiger partial charge in [-0.25, -0.2) is 4.79 Å². The van der Waals surface area contributed by atoms with E-state index in [4.69, 9.17) is 9.47 Å².